The molecule has 166 valence electrons. The van der Waals surface area contributed by atoms with Gasteiger partial charge in [0.15, 0.2) is 11.5 Å². The maximum absolute atomic E-state index is 10.4. The molecule has 0 heterocycles. The highest BCUT2D eigenvalue weighted by Gasteiger charge is 2.35. The summed E-state index contributed by atoms with van der Waals surface area (Å²) in [5, 5.41) is 48.9. The molecule has 1 aromatic rings. The Morgan fingerprint density at radius 3 is 1.93 bits per heavy atom. The predicted molar refractivity (Wildman–Crippen MR) is 105 cm³/mol. The van der Waals surface area contributed by atoms with Gasteiger partial charge in [0, 0.05) is 0 Å². The van der Waals surface area contributed by atoms with E-state index in [1.807, 2.05) is 0 Å². The van der Waals surface area contributed by atoms with Gasteiger partial charge in [0.2, 0.25) is 5.75 Å². The van der Waals surface area contributed by atoms with E-state index < -0.39 is 37.1 Å². The van der Waals surface area contributed by atoms with Crippen LogP contribution in [0.25, 0.3) is 0 Å². The lowest BCUT2D eigenvalue weighted by atomic mass is 9.97. The maximum atomic E-state index is 10.4. The van der Waals surface area contributed by atoms with Crippen molar-refractivity contribution < 1.29 is 44.5 Å². The van der Waals surface area contributed by atoms with Crippen molar-refractivity contribution in [2.24, 2.45) is 0 Å². The SMILES string of the molecule is CC=CCC(OCc1cc(OC)c(OC)c(OC)c1)C(O)C(O)C(O)C(O)CO. The standard InChI is InChI=1S/C20H32O9/c1-5-6-7-14(18(24)19(25)17(23)13(22)10-21)29-11-12-8-15(26-2)20(28-4)16(9-12)27-3/h5-6,8-9,13-14,17-19,21-25H,7,10-11H2,1-4H3. The van der Waals surface area contributed by atoms with E-state index in [0.717, 1.165) is 0 Å². The summed E-state index contributed by atoms with van der Waals surface area (Å²) in [7, 11) is 4.48. The molecule has 0 saturated heterocycles. The molecule has 0 bridgehead atoms. The summed E-state index contributed by atoms with van der Waals surface area (Å²) in [6.45, 7) is 1.08. The second-order valence-electron chi connectivity index (χ2n) is 6.41. The first-order valence-electron chi connectivity index (χ1n) is 9.19. The van der Waals surface area contributed by atoms with Crippen molar-refractivity contribution in [3.05, 3.63) is 29.8 Å². The van der Waals surface area contributed by atoms with Crippen LogP contribution < -0.4 is 14.2 Å². The van der Waals surface area contributed by atoms with Crippen molar-refractivity contribution in [3.63, 3.8) is 0 Å². The van der Waals surface area contributed by atoms with Crippen LogP contribution in [0.3, 0.4) is 0 Å². The molecule has 9 heteroatoms. The molecule has 5 N–H and O–H groups in total. The Kier molecular flexibility index (Phi) is 11.0. The van der Waals surface area contributed by atoms with Crippen molar-refractivity contribution >= 4 is 0 Å². The molecule has 9 nitrogen and oxygen atoms in total. The number of rotatable bonds is 13. The molecule has 0 fully saturated rings. The highest BCUT2D eigenvalue weighted by atomic mass is 16.5. The van der Waals surface area contributed by atoms with Crippen LogP contribution in [-0.2, 0) is 11.3 Å². The number of ether oxygens (including phenoxy) is 4. The van der Waals surface area contributed by atoms with Crippen LogP contribution in [0.15, 0.2) is 24.3 Å². The lowest BCUT2D eigenvalue weighted by Crippen LogP contribution is -2.50. The minimum absolute atomic E-state index is 0.0430. The third-order valence-corrected chi connectivity index (χ3v) is 4.45. The van der Waals surface area contributed by atoms with E-state index in [1.165, 1.54) is 21.3 Å². The molecular formula is C20H32O9. The Balaban J connectivity index is 2.99. The monoisotopic (exact) mass is 416 g/mol. The van der Waals surface area contributed by atoms with Crippen LogP contribution in [0, 0.1) is 0 Å². The van der Waals surface area contributed by atoms with E-state index >= 15 is 0 Å². The fourth-order valence-corrected chi connectivity index (χ4v) is 2.76. The molecule has 0 radical (unpaired) electrons. The van der Waals surface area contributed by atoms with Crippen molar-refractivity contribution in [1.29, 1.82) is 0 Å². The molecular weight excluding hydrogens is 384 g/mol. The Labute approximate surface area is 170 Å². The van der Waals surface area contributed by atoms with Gasteiger partial charge in [-0.1, -0.05) is 12.2 Å². The second kappa shape index (κ2) is 12.6. The number of hydrogen-bond donors (Lipinski definition) is 5. The Bertz CT molecular complexity index is 609. The second-order valence-corrected chi connectivity index (χ2v) is 6.41. The van der Waals surface area contributed by atoms with Gasteiger partial charge in [-0.2, -0.15) is 0 Å². The van der Waals surface area contributed by atoms with E-state index in [4.69, 9.17) is 24.1 Å². The minimum Gasteiger partial charge on any atom is -0.493 e. The number of methoxy groups -OCH3 is 3. The highest BCUT2D eigenvalue weighted by Crippen LogP contribution is 2.38. The van der Waals surface area contributed by atoms with E-state index in [9.17, 15) is 20.4 Å². The molecule has 1 aromatic carbocycles. The molecule has 0 spiro atoms. The van der Waals surface area contributed by atoms with Gasteiger partial charge in [0.05, 0.1) is 40.6 Å². The Morgan fingerprint density at radius 1 is 0.897 bits per heavy atom. The normalized spacial score (nSPS) is 16.9. The molecule has 5 atom stereocenters. The smallest absolute Gasteiger partial charge is 0.203 e. The van der Waals surface area contributed by atoms with E-state index in [-0.39, 0.29) is 13.0 Å². The first kappa shape index (κ1) is 25.2. The van der Waals surface area contributed by atoms with Crippen molar-refractivity contribution in [2.45, 2.75) is 50.5 Å². The summed E-state index contributed by atoms with van der Waals surface area (Å²) in [4.78, 5) is 0. The summed E-state index contributed by atoms with van der Waals surface area (Å²) in [6.07, 6.45) is -3.68. The number of allylic oxidation sites excluding steroid dienone is 1. The zero-order valence-electron chi connectivity index (χ0n) is 17.2. The quantitative estimate of drug-likeness (QED) is 0.281. The van der Waals surface area contributed by atoms with Gasteiger partial charge in [-0.15, -0.1) is 0 Å². The summed E-state index contributed by atoms with van der Waals surface area (Å²) in [5.41, 5.74) is 0.669. The maximum Gasteiger partial charge on any atom is 0.203 e. The molecule has 29 heavy (non-hydrogen) atoms. The van der Waals surface area contributed by atoms with Crippen molar-refractivity contribution in [2.75, 3.05) is 27.9 Å². The number of aliphatic hydroxyl groups excluding tert-OH is 5. The largest absolute Gasteiger partial charge is 0.493 e. The van der Waals surface area contributed by atoms with Crippen LogP contribution in [-0.4, -0.2) is 84.0 Å². The molecule has 0 aliphatic rings. The topological polar surface area (TPSA) is 138 Å². The molecule has 5 unspecified atom stereocenters. The zero-order chi connectivity index (χ0) is 22.0. The van der Waals surface area contributed by atoms with Gasteiger partial charge in [-0.05, 0) is 31.0 Å². The van der Waals surface area contributed by atoms with Crippen LogP contribution in [0.2, 0.25) is 0 Å². The van der Waals surface area contributed by atoms with Gasteiger partial charge in [-0.25, -0.2) is 0 Å². The Hall–Kier alpha value is -1.88. The first-order chi connectivity index (χ1) is 13.8. The van der Waals surface area contributed by atoms with Gasteiger partial charge in [0.1, 0.15) is 24.4 Å². The van der Waals surface area contributed by atoms with Crippen LogP contribution in [0.1, 0.15) is 18.9 Å². The summed E-state index contributed by atoms with van der Waals surface area (Å²) < 4.78 is 21.7. The minimum atomic E-state index is -1.73. The highest BCUT2D eigenvalue weighted by molar-refractivity contribution is 5.53. The van der Waals surface area contributed by atoms with Crippen LogP contribution in [0.5, 0.6) is 17.2 Å². The molecule has 0 amide bonds. The molecule has 0 aromatic heterocycles. The van der Waals surface area contributed by atoms with Gasteiger partial charge in [0.25, 0.3) is 0 Å². The average molecular weight is 416 g/mol. The lowest BCUT2D eigenvalue weighted by Gasteiger charge is -2.30. The molecule has 0 saturated carbocycles. The van der Waals surface area contributed by atoms with Gasteiger partial charge < -0.3 is 44.5 Å². The molecule has 0 aliphatic heterocycles. The van der Waals surface area contributed by atoms with Crippen LogP contribution >= 0.6 is 0 Å². The number of benzene rings is 1. The lowest BCUT2D eigenvalue weighted by molar-refractivity contribution is -0.152. The fraction of sp³-hybridized carbons (Fsp3) is 0.600. The predicted octanol–water partition coefficient (Wildman–Crippen LogP) is -0.000300. The average Bonchev–Trinajstić information content (AvgIpc) is 2.75. The van der Waals surface area contributed by atoms with Crippen molar-refractivity contribution in [3.8, 4) is 17.2 Å². The zero-order valence-corrected chi connectivity index (χ0v) is 17.2. The molecule has 0 aliphatic carbocycles. The van der Waals surface area contributed by atoms with E-state index in [0.29, 0.717) is 22.8 Å². The summed E-state index contributed by atoms with van der Waals surface area (Å²) in [6, 6.07) is 3.39. The number of hydrogen-bond acceptors (Lipinski definition) is 9. The molecule has 1 rings (SSSR count). The number of aliphatic hydroxyl groups is 5. The third-order valence-electron chi connectivity index (χ3n) is 4.45. The van der Waals surface area contributed by atoms with Gasteiger partial charge in [-0.3, -0.25) is 0 Å². The summed E-state index contributed by atoms with van der Waals surface area (Å²) >= 11 is 0. The van der Waals surface area contributed by atoms with Crippen molar-refractivity contribution in [1.82, 2.24) is 0 Å². The Morgan fingerprint density at radius 2 is 1.48 bits per heavy atom. The van der Waals surface area contributed by atoms with Crippen LogP contribution in [0.4, 0.5) is 0 Å². The first-order valence-corrected chi connectivity index (χ1v) is 9.19. The third kappa shape index (κ3) is 6.84. The van der Waals surface area contributed by atoms with Gasteiger partial charge >= 0.3 is 0 Å². The fourth-order valence-electron chi connectivity index (χ4n) is 2.76. The van der Waals surface area contributed by atoms with E-state index in [1.54, 1.807) is 31.2 Å². The summed E-state index contributed by atoms with van der Waals surface area (Å²) in [5.74, 6) is 1.32. The van der Waals surface area contributed by atoms with E-state index in [2.05, 4.69) is 0 Å².